The monoisotopic (exact) mass is 1140 g/mol. The molecule has 0 aromatic carbocycles. The summed E-state index contributed by atoms with van der Waals surface area (Å²) in [5.74, 6) is -0.909. The molecule has 1 unspecified atom stereocenters. The molecule has 0 saturated heterocycles. The van der Waals surface area contributed by atoms with Crippen LogP contribution in [-0.2, 0) is 28.6 Å². The van der Waals surface area contributed by atoms with Crippen LogP contribution in [0.1, 0.15) is 335 Å². The molecular formula is C76H130O6. The maximum atomic E-state index is 13.0. The molecule has 0 radical (unpaired) electrons. The summed E-state index contributed by atoms with van der Waals surface area (Å²) in [4.78, 5) is 38.4. The van der Waals surface area contributed by atoms with Crippen molar-refractivity contribution in [3.8, 4) is 0 Å². The Hall–Kier alpha value is -3.93. The SMILES string of the molecule is CC/C=C\C/C=C\C/C=C\C/C=C\C/C=C\C/C=C\C/C=C\CCCCCCCC(=O)OCC(COC(=O)CCCCCCC/C=C\C/C=C\CCC)OC(=O)CCCCCCCCCCCCCCCCCCCCCCCCCC. The van der Waals surface area contributed by atoms with Crippen molar-refractivity contribution >= 4 is 17.9 Å². The number of hydrogen-bond donors (Lipinski definition) is 0. The molecule has 0 aliphatic heterocycles. The summed E-state index contributed by atoms with van der Waals surface area (Å²) in [6, 6.07) is 0. The number of carbonyl (C=O) groups excluding carboxylic acids is 3. The third-order valence-electron chi connectivity index (χ3n) is 15.0. The van der Waals surface area contributed by atoms with E-state index < -0.39 is 6.10 Å². The summed E-state index contributed by atoms with van der Waals surface area (Å²) in [7, 11) is 0. The molecule has 0 bridgehead atoms. The summed E-state index contributed by atoms with van der Waals surface area (Å²) >= 11 is 0. The molecule has 0 rings (SSSR count). The van der Waals surface area contributed by atoms with Crippen LogP contribution in [0.3, 0.4) is 0 Å². The summed E-state index contributed by atoms with van der Waals surface area (Å²) in [5.41, 5.74) is 0. The Morgan fingerprint density at radius 1 is 0.256 bits per heavy atom. The van der Waals surface area contributed by atoms with E-state index in [9.17, 15) is 14.4 Å². The van der Waals surface area contributed by atoms with Gasteiger partial charge in [0.05, 0.1) is 0 Å². The molecule has 0 aromatic rings. The Balaban J connectivity index is 4.34. The number of hydrogen-bond acceptors (Lipinski definition) is 6. The first-order valence-electron chi connectivity index (χ1n) is 34.9. The van der Waals surface area contributed by atoms with Gasteiger partial charge in [-0.15, -0.1) is 0 Å². The minimum atomic E-state index is -0.794. The van der Waals surface area contributed by atoms with Gasteiger partial charge in [0.1, 0.15) is 13.2 Å². The minimum Gasteiger partial charge on any atom is -0.462 e. The van der Waals surface area contributed by atoms with Gasteiger partial charge in [-0.3, -0.25) is 14.4 Å². The fraction of sp³-hybridized carbons (Fsp3) is 0.724. The van der Waals surface area contributed by atoms with Crippen molar-refractivity contribution < 1.29 is 28.6 Å². The molecule has 0 saturated carbocycles. The molecule has 0 amide bonds. The Kier molecular flexibility index (Phi) is 66.2. The Bertz CT molecular complexity index is 1640. The molecule has 0 heterocycles. The van der Waals surface area contributed by atoms with Gasteiger partial charge in [0, 0.05) is 19.3 Å². The number of esters is 3. The molecule has 0 spiro atoms. The molecule has 1 atom stereocenters. The van der Waals surface area contributed by atoms with Crippen LogP contribution in [0.5, 0.6) is 0 Å². The van der Waals surface area contributed by atoms with Gasteiger partial charge >= 0.3 is 17.9 Å². The van der Waals surface area contributed by atoms with E-state index in [1.54, 1.807) is 0 Å². The predicted octanol–water partition coefficient (Wildman–Crippen LogP) is 24.2. The zero-order valence-corrected chi connectivity index (χ0v) is 54.0. The lowest BCUT2D eigenvalue weighted by Gasteiger charge is -2.18. The molecule has 6 nitrogen and oxygen atoms in total. The summed E-state index contributed by atoms with van der Waals surface area (Å²) in [5, 5.41) is 0. The van der Waals surface area contributed by atoms with E-state index in [4.69, 9.17) is 14.2 Å². The number of unbranched alkanes of at least 4 members (excludes halogenated alkanes) is 34. The van der Waals surface area contributed by atoms with Crippen LogP contribution in [-0.4, -0.2) is 37.2 Å². The summed E-state index contributed by atoms with van der Waals surface area (Å²) in [6.45, 7) is 6.47. The summed E-state index contributed by atoms with van der Waals surface area (Å²) in [6.07, 6.45) is 95.4. The summed E-state index contributed by atoms with van der Waals surface area (Å²) < 4.78 is 16.9. The molecule has 0 N–H and O–H groups in total. The van der Waals surface area contributed by atoms with E-state index in [0.717, 1.165) is 154 Å². The maximum absolute atomic E-state index is 13.0. The highest BCUT2D eigenvalue weighted by Gasteiger charge is 2.19. The first-order valence-corrected chi connectivity index (χ1v) is 34.9. The number of carbonyl (C=O) groups is 3. The second-order valence-electron chi connectivity index (χ2n) is 23.1. The van der Waals surface area contributed by atoms with Crippen LogP contribution in [0.15, 0.2) is 109 Å². The lowest BCUT2D eigenvalue weighted by molar-refractivity contribution is -0.167. The zero-order chi connectivity index (χ0) is 59.2. The minimum absolute atomic E-state index is 0.0902. The van der Waals surface area contributed by atoms with Crippen molar-refractivity contribution in [2.75, 3.05) is 13.2 Å². The van der Waals surface area contributed by atoms with Gasteiger partial charge in [0.15, 0.2) is 6.10 Å². The highest BCUT2D eigenvalue weighted by atomic mass is 16.6. The van der Waals surface area contributed by atoms with Crippen LogP contribution in [0, 0.1) is 0 Å². The van der Waals surface area contributed by atoms with Gasteiger partial charge in [-0.1, -0.05) is 323 Å². The van der Waals surface area contributed by atoms with Crippen molar-refractivity contribution in [2.24, 2.45) is 0 Å². The standard InChI is InChI=1S/C76H130O6/c1-4-7-10-13-16-19-22-25-27-29-31-33-35-37-38-39-41-42-44-46-48-51-54-57-60-63-66-69-75(78)81-72-73(71-80-74(77)68-65-62-59-56-53-50-24-21-18-15-12-9-6-3)82-76(79)70-67-64-61-58-55-52-49-47-45-43-40-36-34-32-30-28-26-23-20-17-14-11-8-5-2/h7,10,12,15-16,19,21,24-25,27,31,33,37-38,41-42,46,48,73H,4-6,8-9,11,13-14,17-18,20,22-23,26,28-30,32,34-36,39-40,43-45,47,49-72H2,1-3H3/b10-7-,15-12-,19-16-,24-21-,27-25-,33-31-,38-37-,42-41-,48-46-. The van der Waals surface area contributed by atoms with Gasteiger partial charge in [-0.25, -0.2) is 0 Å². The van der Waals surface area contributed by atoms with Gasteiger partial charge in [-0.05, 0) is 103 Å². The van der Waals surface area contributed by atoms with Crippen molar-refractivity contribution in [3.05, 3.63) is 109 Å². The van der Waals surface area contributed by atoms with Crippen molar-refractivity contribution in [1.82, 2.24) is 0 Å². The average molecular weight is 1140 g/mol. The lowest BCUT2D eigenvalue weighted by Crippen LogP contribution is -2.30. The quantitative estimate of drug-likeness (QED) is 0.0261. The second kappa shape index (κ2) is 69.6. The highest BCUT2D eigenvalue weighted by Crippen LogP contribution is 2.17. The second-order valence-corrected chi connectivity index (χ2v) is 23.1. The molecule has 0 aromatic heterocycles. The van der Waals surface area contributed by atoms with Crippen molar-refractivity contribution in [1.29, 1.82) is 0 Å². The van der Waals surface area contributed by atoms with Gasteiger partial charge < -0.3 is 14.2 Å². The molecule has 0 aliphatic carbocycles. The highest BCUT2D eigenvalue weighted by molar-refractivity contribution is 5.71. The third kappa shape index (κ3) is 66.9. The van der Waals surface area contributed by atoms with Crippen LogP contribution in [0.25, 0.3) is 0 Å². The van der Waals surface area contributed by atoms with Gasteiger partial charge in [0.25, 0.3) is 0 Å². The lowest BCUT2D eigenvalue weighted by atomic mass is 10.0. The van der Waals surface area contributed by atoms with Crippen LogP contribution in [0.4, 0.5) is 0 Å². The van der Waals surface area contributed by atoms with E-state index in [1.807, 2.05) is 0 Å². The molecular weight excluding hydrogens is 1010 g/mol. The topological polar surface area (TPSA) is 78.9 Å². The largest absolute Gasteiger partial charge is 0.462 e. The first-order chi connectivity index (χ1) is 40.5. The van der Waals surface area contributed by atoms with Gasteiger partial charge in [-0.2, -0.15) is 0 Å². The molecule has 6 heteroatoms. The number of allylic oxidation sites excluding steroid dienone is 18. The van der Waals surface area contributed by atoms with Crippen LogP contribution >= 0.6 is 0 Å². The van der Waals surface area contributed by atoms with E-state index in [-0.39, 0.29) is 31.1 Å². The fourth-order valence-electron chi connectivity index (χ4n) is 9.82. The van der Waals surface area contributed by atoms with Crippen molar-refractivity contribution in [3.63, 3.8) is 0 Å². The maximum Gasteiger partial charge on any atom is 0.306 e. The van der Waals surface area contributed by atoms with E-state index >= 15 is 0 Å². The predicted molar refractivity (Wildman–Crippen MR) is 357 cm³/mol. The van der Waals surface area contributed by atoms with E-state index in [2.05, 4.69) is 130 Å². The number of rotatable bonds is 63. The normalized spacial score (nSPS) is 12.8. The Morgan fingerprint density at radius 2 is 0.500 bits per heavy atom. The van der Waals surface area contributed by atoms with Gasteiger partial charge in [0.2, 0.25) is 0 Å². The van der Waals surface area contributed by atoms with Crippen LogP contribution < -0.4 is 0 Å². The Labute approximate surface area is 508 Å². The van der Waals surface area contributed by atoms with E-state index in [1.165, 1.54) is 141 Å². The smallest absolute Gasteiger partial charge is 0.306 e. The van der Waals surface area contributed by atoms with E-state index in [0.29, 0.717) is 19.3 Å². The Morgan fingerprint density at radius 3 is 0.793 bits per heavy atom. The molecule has 0 aliphatic rings. The number of ether oxygens (including phenoxy) is 3. The first kappa shape index (κ1) is 78.1. The average Bonchev–Trinajstić information content (AvgIpc) is 3.47. The zero-order valence-electron chi connectivity index (χ0n) is 54.0. The fourth-order valence-corrected chi connectivity index (χ4v) is 9.82. The molecule has 0 fully saturated rings. The third-order valence-corrected chi connectivity index (χ3v) is 15.0. The molecule has 470 valence electrons. The van der Waals surface area contributed by atoms with Crippen LogP contribution in [0.2, 0.25) is 0 Å². The molecule has 82 heavy (non-hydrogen) atoms. The van der Waals surface area contributed by atoms with Crippen molar-refractivity contribution in [2.45, 2.75) is 341 Å².